The minimum atomic E-state index is -4.40. The maximum atomic E-state index is 12.2. The van der Waals surface area contributed by atoms with Gasteiger partial charge in [-0.3, -0.25) is 0 Å². The SMILES string of the molecule is FC(F)(F)c1nnc(Cc2ccccc2)s1. The Bertz CT molecular complexity index is 464. The Hall–Kier alpha value is -1.43. The molecule has 0 aliphatic rings. The Balaban J connectivity index is 2.15. The molecule has 0 amide bonds. The Morgan fingerprint density at radius 2 is 1.75 bits per heavy atom. The molecule has 0 saturated heterocycles. The van der Waals surface area contributed by atoms with Gasteiger partial charge in [0.1, 0.15) is 5.01 Å². The largest absolute Gasteiger partial charge is 0.445 e. The van der Waals surface area contributed by atoms with Crippen LogP contribution in [0.4, 0.5) is 13.2 Å². The van der Waals surface area contributed by atoms with Crippen molar-refractivity contribution in [3.05, 3.63) is 45.9 Å². The van der Waals surface area contributed by atoms with E-state index in [-0.39, 0.29) is 0 Å². The fraction of sp³-hybridized carbons (Fsp3) is 0.200. The first-order valence-corrected chi connectivity index (χ1v) is 5.31. The molecule has 0 fully saturated rings. The molecule has 0 atom stereocenters. The highest BCUT2D eigenvalue weighted by Gasteiger charge is 2.35. The normalized spacial score (nSPS) is 11.7. The zero-order chi connectivity index (χ0) is 11.6. The van der Waals surface area contributed by atoms with Crippen molar-refractivity contribution >= 4 is 11.3 Å². The number of hydrogen-bond donors (Lipinski definition) is 0. The molecule has 0 spiro atoms. The van der Waals surface area contributed by atoms with E-state index in [9.17, 15) is 13.2 Å². The number of nitrogens with zero attached hydrogens (tertiary/aromatic N) is 2. The lowest BCUT2D eigenvalue weighted by Gasteiger charge is -1.98. The number of aromatic nitrogens is 2. The van der Waals surface area contributed by atoms with Crippen LogP contribution in [-0.2, 0) is 12.6 Å². The first-order valence-electron chi connectivity index (χ1n) is 4.49. The van der Waals surface area contributed by atoms with Crippen LogP contribution in [0.2, 0.25) is 0 Å². The van der Waals surface area contributed by atoms with E-state index < -0.39 is 11.2 Å². The summed E-state index contributed by atoms with van der Waals surface area (Å²) in [6.07, 6.45) is -4.01. The number of hydrogen-bond acceptors (Lipinski definition) is 3. The van der Waals surface area contributed by atoms with Crippen LogP contribution in [0.15, 0.2) is 30.3 Å². The molecule has 2 aromatic rings. The fourth-order valence-corrected chi connectivity index (χ4v) is 1.95. The Morgan fingerprint density at radius 3 is 2.31 bits per heavy atom. The molecule has 16 heavy (non-hydrogen) atoms. The van der Waals surface area contributed by atoms with Gasteiger partial charge in [0.25, 0.3) is 0 Å². The third-order valence-electron chi connectivity index (χ3n) is 1.91. The van der Waals surface area contributed by atoms with Gasteiger partial charge in [-0.25, -0.2) is 0 Å². The lowest BCUT2D eigenvalue weighted by atomic mass is 10.2. The van der Waals surface area contributed by atoms with E-state index in [0.29, 0.717) is 22.8 Å². The fourth-order valence-electron chi connectivity index (χ4n) is 1.21. The van der Waals surface area contributed by atoms with E-state index >= 15 is 0 Å². The summed E-state index contributed by atoms with van der Waals surface area (Å²) in [4.78, 5) is 0. The molecule has 0 radical (unpaired) electrons. The zero-order valence-corrected chi connectivity index (χ0v) is 8.85. The van der Waals surface area contributed by atoms with Crippen molar-refractivity contribution in [1.82, 2.24) is 10.2 Å². The van der Waals surface area contributed by atoms with Crippen LogP contribution >= 0.6 is 11.3 Å². The summed E-state index contributed by atoms with van der Waals surface area (Å²) in [6, 6.07) is 9.20. The highest BCUT2D eigenvalue weighted by atomic mass is 32.1. The lowest BCUT2D eigenvalue weighted by Crippen LogP contribution is -2.03. The summed E-state index contributed by atoms with van der Waals surface area (Å²) in [6.45, 7) is 0. The molecule has 1 aromatic carbocycles. The monoisotopic (exact) mass is 244 g/mol. The minimum Gasteiger partial charge on any atom is -0.164 e. The molecular formula is C10H7F3N2S. The zero-order valence-electron chi connectivity index (χ0n) is 8.03. The molecule has 0 bridgehead atoms. The Kier molecular flexibility index (Phi) is 2.91. The van der Waals surface area contributed by atoms with Gasteiger partial charge in [-0.1, -0.05) is 41.7 Å². The topological polar surface area (TPSA) is 25.8 Å². The maximum absolute atomic E-state index is 12.2. The van der Waals surface area contributed by atoms with Crippen molar-refractivity contribution in [2.45, 2.75) is 12.6 Å². The van der Waals surface area contributed by atoms with Crippen LogP contribution in [0.25, 0.3) is 0 Å². The van der Waals surface area contributed by atoms with E-state index in [2.05, 4.69) is 10.2 Å². The second-order valence-corrected chi connectivity index (χ2v) is 4.22. The number of alkyl halides is 3. The van der Waals surface area contributed by atoms with Crippen LogP contribution < -0.4 is 0 Å². The van der Waals surface area contributed by atoms with Gasteiger partial charge in [0.15, 0.2) is 0 Å². The predicted molar refractivity (Wildman–Crippen MR) is 54.2 cm³/mol. The molecule has 1 aromatic heterocycles. The van der Waals surface area contributed by atoms with Crippen LogP contribution in [-0.4, -0.2) is 10.2 Å². The highest BCUT2D eigenvalue weighted by molar-refractivity contribution is 7.11. The number of benzene rings is 1. The predicted octanol–water partition coefficient (Wildman–Crippen LogP) is 3.15. The van der Waals surface area contributed by atoms with Gasteiger partial charge in [-0.05, 0) is 5.56 Å². The molecule has 0 unspecified atom stereocenters. The molecule has 1 heterocycles. The summed E-state index contributed by atoms with van der Waals surface area (Å²) in [5, 5.41) is 6.14. The Labute approximate surface area is 93.8 Å². The third kappa shape index (κ3) is 2.57. The van der Waals surface area contributed by atoms with E-state index in [1.807, 2.05) is 30.3 Å². The van der Waals surface area contributed by atoms with Gasteiger partial charge >= 0.3 is 6.18 Å². The van der Waals surface area contributed by atoms with Gasteiger partial charge in [-0.2, -0.15) is 13.2 Å². The van der Waals surface area contributed by atoms with E-state index in [4.69, 9.17) is 0 Å². The van der Waals surface area contributed by atoms with Crippen molar-refractivity contribution in [3.8, 4) is 0 Å². The first-order chi connectivity index (χ1) is 7.55. The standard InChI is InChI=1S/C10H7F3N2S/c11-10(12,13)9-15-14-8(16-9)6-7-4-2-1-3-5-7/h1-5H,6H2. The van der Waals surface area contributed by atoms with E-state index in [1.165, 1.54) is 0 Å². The molecule has 0 aliphatic carbocycles. The summed E-state index contributed by atoms with van der Waals surface area (Å²) in [5.74, 6) is 0. The van der Waals surface area contributed by atoms with Gasteiger partial charge in [0, 0.05) is 6.42 Å². The van der Waals surface area contributed by atoms with Gasteiger partial charge < -0.3 is 0 Å². The van der Waals surface area contributed by atoms with Gasteiger partial charge in [0.2, 0.25) is 5.01 Å². The summed E-state index contributed by atoms with van der Waals surface area (Å²) < 4.78 is 36.7. The molecule has 0 saturated carbocycles. The van der Waals surface area contributed by atoms with Crippen LogP contribution in [0.3, 0.4) is 0 Å². The molecule has 2 rings (SSSR count). The number of halogens is 3. The number of rotatable bonds is 2. The Morgan fingerprint density at radius 1 is 1.06 bits per heavy atom. The maximum Gasteiger partial charge on any atom is 0.445 e. The summed E-state index contributed by atoms with van der Waals surface area (Å²) in [5.41, 5.74) is 0.923. The van der Waals surface area contributed by atoms with Crippen molar-refractivity contribution in [1.29, 1.82) is 0 Å². The average molecular weight is 244 g/mol. The second kappa shape index (κ2) is 4.21. The van der Waals surface area contributed by atoms with Crippen molar-refractivity contribution in [2.75, 3.05) is 0 Å². The van der Waals surface area contributed by atoms with Gasteiger partial charge in [0.05, 0.1) is 0 Å². The molecule has 6 heteroatoms. The van der Waals surface area contributed by atoms with Crippen LogP contribution in [0.1, 0.15) is 15.6 Å². The van der Waals surface area contributed by atoms with Crippen LogP contribution in [0.5, 0.6) is 0 Å². The molecule has 0 N–H and O–H groups in total. The quantitative estimate of drug-likeness (QED) is 0.811. The van der Waals surface area contributed by atoms with Gasteiger partial charge in [-0.15, -0.1) is 10.2 Å². The summed E-state index contributed by atoms with van der Waals surface area (Å²) >= 11 is 0.587. The average Bonchev–Trinajstić information content (AvgIpc) is 2.67. The molecule has 2 nitrogen and oxygen atoms in total. The smallest absolute Gasteiger partial charge is 0.164 e. The molecular weight excluding hydrogens is 237 g/mol. The van der Waals surface area contributed by atoms with Crippen LogP contribution in [0, 0.1) is 0 Å². The minimum absolute atomic E-state index is 0.374. The second-order valence-electron chi connectivity index (χ2n) is 3.16. The lowest BCUT2D eigenvalue weighted by molar-refractivity contribution is -0.138. The highest BCUT2D eigenvalue weighted by Crippen LogP contribution is 2.31. The third-order valence-corrected chi connectivity index (χ3v) is 2.88. The first kappa shape index (κ1) is 11.1. The van der Waals surface area contributed by atoms with E-state index in [0.717, 1.165) is 5.56 Å². The van der Waals surface area contributed by atoms with E-state index in [1.54, 1.807) is 0 Å². The molecule has 84 valence electrons. The molecule has 0 aliphatic heterocycles. The van der Waals surface area contributed by atoms with Crippen molar-refractivity contribution < 1.29 is 13.2 Å². The summed E-state index contributed by atoms with van der Waals surface area (Å²) in [7, 11) is 0. The van der Waals surface area contributed by atoms with Crippen molar-refractivity contribution in [2.24, 2.45) is 0 Å². The van der Waals surface area contributed by atoms with Crippen molar-refractivity contribution in [3.63, 3.8) is 0 Å².